The van der Waals surface area contributed by atoms with Gasteiger partial charge in [-0.3, -0.25) is 0 Å². The molecular weight excluding hydrogens is 198 g/mol. The van der Waals surface area contributed by atoms with E-state index in [9.17, 15) is 0 Å². The van der Waals surface area contributed by atoms with Gasteiger partial charge in [-0.15, -0.1) is 0 Å². The molecule has 1 fully saturated rings. The van der Waals surface area contributed by atoms with E-state index in [1.165, 1.54) is 11.1 Å². The summed E-state index contributed by atoms with van der Waals surface area (Å²) < 4.78 is 5.54. The van der Waals surface area contributed by atoms with Gasteiger partial charge in [-0.1, -0.05) is 32.0 Å². The van der Waals surface area contributed by atoms with Crippen molar-refractivity contribution in [2.24, 2.45) is 11.1 Å². The average molecular weight is 219 g/mol. The number of ether oxygens (including phenoxy) is 1. The van der Waals surface area contributed by atoms with Crippen molar-refractivity contribution < 1.29 is 4.74 Å². The van der Waals surface area contributed by atoms with Crippen molar-refractivity contribution in [1.82, 2.24) is 0 Å². The number of rotatable bonds is 3. The Balaban J connectivity index is 2.53. The Labute approximate surface area is 97.8 Å². The summed E-state index contributed by atoms with van der Waals surface area (Å²) in [4.78, 5) is 0. The predicted molar refractivity (Wildman–Crippen MR) is 66.9 cm³/mol. The first kappa shape index (κ1) is 11.5. The molecule has 1 aliphatic carbocycles. The zero-order valence-electron chi connectivity index (χ0n) is 10.6. The van der Waals surface area contributed by atoms with E-state index in [4.69, 9.17) is 10.5 Å². The van der Waals surface area contributed by atoms with Gasteiger partial charge in [-0.25, -0.2) is 0 Å². The first-order chi connectivity index (χ1) is 7.48. The molecule has 1 aromatic carbocycles. The monoisotopic (exact) mass is 219 g/mol. The summed E-state index contributed by atoms with van der Waals surface area (Å²) in [5, 5.41) is 0. The number of nitrogens with two attached hydrogens (primary N) is 1. The van der Waals surface area contributed by atoms with E-state index in [0.29, 0.717) is 12.0 Å². The van der Waals surface area contributed by atoms with E-state index in [0.717, 1.165) is 12.2 Å². The van der Waals surface area contributed by atoms with E-state index in [2.05, 4.69) is 39.0 Å². The molecule has 88 valence electrons. The number of benzene rings is 1. The summed E-state index contributed by atoms with van der Waals surface area (Å²) in [6, 6.07) is 6.34. The highest BCUT2D eigenvalue weighted by Gasteiger charge is 2.62. The maximum absolute atomic E-state index is 5.99. The number of methoxy groups -OCH3 is 1. The lowest BCUT2D eigenvalue weighted by Gasteiger charge is -2.22. The van der Waals surface area contributed by atoms with Gasteiger partial charge in [-0.05, 0) is 24.3 Å². The summed E-state index contributed by atoms with van der Waals surface area (Å²) in [6.45, 7) is 7.34. The van der Waals surface area contributed by atoms with Gasteiger partial charge in [0.15, 0.2) is 0 Å². The summed E-state index contributed by atoms with van der Waals surface area (Å²) in [5.74, 6) is 1.01. The molecule has 16 heavy (non-hydrogen) atoms. The summed E-state index contributed by atoms with van der Waals surface area (Å²) in [5.41, 5.74) is 8.87. The highest BCUT2D eigenvalue weighted by atomic mass is 16.5. The van der Waals surface area contributed by atoms with E-state index in [-0.39, 0.29) is 5.41 Å². The maximum atomic E-state index is 5.99. The van der Waals surface area contributed by atoms with Crippen LogP contribution >= 0.6 is 0 Å². The van der Waals surface area contributed by atoms with Crippen LogP contribution in [0.25, 0.3) is 0 Å². The van der Waals surface area contributed by atoms with Gasteiger partial charge in [-0.2, -0.15) is 0 Å². The quantitative estimate of drug-likeness (QED) is 0.848. The molecule has 0 aromatic heterocycles. The normalized spacial score (nSPS) is 26.6. The lowest BCUT2D eigenvalue weighted by Crippen LogP contribution is -2.26. The zero-order chi connectivity index (χ0) is 12.0. The van der Waals surface area contributed by atoms with Crippen LogP contribution in [0.1, 0.15) is 31.4 Å². The van der Waals surface area contributed by atoms with Gasteiger partial charge < -0.3 is 10.5 Å². The Morgan fingerprint density at radius 2 is 2.00 bits per heavy atom. The Bertz CT molecular complexity index is 411. The van der Waals surface area contributed by atoms with E-state index >= 15 is 0 Å². The molecule has 1 atom stereocenters. The molecule has 1 aliphatic rings. The SMILES string of the molecule is COc1c(C)cccc1C1(CN)CC1(C)C. The van der Waals surface area contributed by atoms with Crippen LogP contribution in [-0.2, 0) is 5.41 Å². The van der Waals surface area contributed by atoms with Crippen LogP contribution in [-0.4, -0.2) is 13.7 Å². The predicted octanol–water partition coefficient (Wildman–Crippen LogP) is 2.63. The third-order valence-corrected chi connectivity index (χ3v) is 4.19. The van der Waals surface area contributed by atoms with Gasteiger partial charge in [0.1, 0.15) is 5.75 Å². The lowest BCUT2D eigenvalue weighted by atomic mass is 9.86. The first-order valence-corrected chi connectivity index (χ1v) is 5.83. The number of para-hydroxylation sites is 1. The number of hydrogen-bond acceptors (Lipinski definition) is 2. The van der Waals surface area contributed by atoms with Crippen LogP contribution in [0.15, 0.2) is 18.2 Å². The molecule has 0 bridgehead atoms. The van der Waals surface area contributed by atoms with Gasteiger partial charge in [0.2, 0.25) is 0 Å². The second kappa shape index (κ2) is 3.49. The van der Waals surface area contributed by atoms with Gasteiger partial charge in [0.25, 0.3) is 0 Å². The van der Waals surface area contributed by atoms with E-state index in [1.54, 1.807) is 7.11 Å². The maximum Gasteiger partial charge on any atom is 0.125 e. The Hall–Kier alpha value is -1.02. The third kappa shape index (κ3) is 1.36. The van der Waals surface area contributed by atoms with Crippen molar-refractivity contribution in [2.75, 3.05) is 13.7 Å². The fourth-order valence-electron chi connectivity index (χ4n) is 2.93. The van der Waals surface area contributed by atoms with Crippen LogP contribution in [0, 0.1) is 12.3 Å². The average Bonchev–Trinajstić information content (AvgIpc) is 2.82. The Morgan fingerprint density at radius 1 is 1.38 bits per heavy atom. The van der Waals surface area contributed by atoms with Crippen molar-refractivity contribution in [3.05, 3.63) is 29.3 Å². The topological polar surface area (TPSA) is 35.2 Å². The minimum atomic E-state index is 0.115. The van der Waals surface area contributed by atoms with Crippen molar-refractivity contribution in [3.8, 4) is 5.75 Å². The van der Waals surface area contributed by atoms with Crippen LogP contribution < -0.4 is 10.5 Å². The smallest absolute Gasteiger partial charge is 0.125 e. The molecule has 2 nitrogen and oxygen atoms in total. The minimum Gasteiger partial charge on any atom is -0.496 e. The van der Waals surface area contributed by atoms with E-state index < -0.39 is 0 Å². The van der Waals surface area contributed by atoms with Crippen LogP contribution in [0.5, 0.6) is 5.75 Å². The molecular formula is C14H21NO. The third-order valence-electron chi connectivity index (χ3n) is 4.19. The van der Waals surface area contributed by atoms with Gasteiger partial charge >= 0.3 is 0 Å². The molecule has 0 aliphatic heterocycles. The molecule has 0 amide bonds. The molecule has 0 saturated heterocycles. The standard InChI is InChI=1S/C14H21NO/c1-10-6-5-7-11(12(10)16-4)14(9-15)8-13(14,2)3/h5-7H,8-9,15H2,1-4H3. The molecule has 1 aromatic rings. The molecule has 2 N–H and O–H groups in total. The largest absolute Gasteiger partial charge is 0.496 e. The Morgan fingerprint density at radius 3 is 2.44 bits per heavy atom. The lowest BCUT2D eigenvalue weighted by molar-refractivity contribution is 0.392. The molecule has 0 heterocycles. The highest BCUT2D eigenvalue weighted by Crippen LogP contribution is 2.65. The van der Waals surface area contributed by atoms with Gasteiger partial charge in [0, 0.05) is 17.5 Å². The van der Waals surface area contributed by atoms with E-state index in [1.807, 2.05) is 0 Å². The second-order valence-corrected chi connectivity index (χ2v) is 5.50. The highest BCUT2D eigenvalue weighted by molar-refractivity contribution is 5.50. The minimum absolute atomic E-state index is 0.115. The van der Waals surface area contributed by atoms with Crippen LogP contribution in [0.3, 0.4) is 0 Å². The fourth-order valence-corrected chi connectivity index (χ4v) is 2.93. The molecule has 1 unspecified atom stereocenters. The van der Waals surface area contributed by atoms with Crippen molar-refractivity contribution >= 4 is 0 Å². The zero-order valence-corrected chi connectivity index (χ0v) is 10.6. The molecule has 1 saturated carbocycles. The van der Waals surface area contributed by atoms with Crippen molar-refractivity contribution in [1.29, 1.82) is 0 Å². The molecule has 0 radical (unpaired) electrons. The van der Waals surface area contributed by atoms with Crippen LogP contribution in [0.4, 0.5) is 0 Å². The van der Waals surface area contributed by atoms with Crippen molar-refractivity contribution in [2.45, 2.75) is 32.6 Å². The fraction of sp³-hybridized carbons (Fsp3) is 0.571. The Kier molecular flexibility index (Phi) is 2.50. The number of aryl methyl sites for hydroxylation is 1. The van der Waals surface area contributed by atoms with Crippen molar-refractivity contribution in [3.63, 3.8) is 0 Å². The summed E-state index contributed by atoms with van der Waals surface area (Å²) in [6.07, 6.45) is 1.15. The first-order valence-electron chi connectivity index (χ1n) is 5.83. The summed E-state index contributed by atoms with van der Waals surface area (Å²) >= 11 is 0. The molecule has 0 spiro atoms. The molecule has 2 rings (SSSR count). The second-order valence-electron chi connectivity index (χ2n) is 5.50. The van der Waals surface area contributed by atoms with Crippen LogP contribution in [0.2, 0.25) is 0 Å². The molecule has 2 heteroatoms. The van der Waals surface area contributed by atoms with Gasteiger partial charge in [0.05, 0.1) is 7.11 Å². The summed E-state index contributed by atoms with van der Waals surface area (Å²) in [7, 11) is 1.74. The number of hydrogen-bond donors (Lipinski definition) is 1.